The van der Waals surface area contributed by atoms with Gasteiger partial charge in [0.2, 0.25) is 0 Å². The van der Waals surface area contributed by atoms with Crippen molar-refractivity contribution in [3.05, 3.63) is 53.5 Å². The first kappa shape index (κ1) is 21.9. The Bertz CT molecular complexity index is 1010. The molecule has 0 spiro atoms. The van der Waals surface area contributed by atoms with Crippen LogP contribution in [-0.2, 0) is 16.4 Å². The maximum atomic E-state index is 13.4. The molecule has 1 aliphatic carbocycles. The monoisotopic (exact) mass is 445 g/mol. The fraction of sp³-hybridized carbons (Fsp3) is 0.542. The lowest BCUT2D eigenvalue weighted by molar-refractivity contribution is 0.0665. The van der Waals surface area contributed by atoms with E-state index in [4.69, 9.17) is 9.15 Å². The first-order valence-corrected chi connectivity index (χ1v) is 13.0. The molecule has 2 heterocycles. The standard InChI is InChI=1S/C24H31NO5S/c1-3-4-12-29-20-7-5-18(6-8-20)24(26)25(19-11-13-31(27,28)16-19)15-21-9-10-23(30-21)22-14-17(22)2/h5-10,17,19,22H,3-4,11-16H2,1-2H3. The average Bonchev–Trinajstić information content (AvgIpc) is 3.12. The van der Waals surface area contributed by atoms with Crippen LogP contribution in [0, 0.1) is 5.92 Å². The predicted molar refractivity (Wildman–Crippen MR) is 119 cm³/mol. The van der Waals surface area contributed by atoms with Crippen molar-refractivity contribution >= 4 is 15.7 Å². The van der Waals surface area contributed by atoms with Crippen LogP contribution >= 0.6 is 0 Å². The molecular weight excluding hydrogens is 414 g/mol. The Balaban J connectivity index is 1.51. The molecule has 0 radical (unpaired) electrons. The predicted octanol–water partition coefficient (Wildman–Crippen LogP) is 4.41. The number of furan rings is 1. The molecule has 31 heavy (non-hydrogen) atoms. The number of sulfone groups is 1. The topological polar surface area (TPSA) is 76.8 Å². The van der Waals surface area contributed by atoms with Crippen molar-refractivity contribution < 1.29 is 22.4 Å². The van der Waals surface area contributed by atoms with Crippen LogP contribution in [0.25, 0.3) is 0 Å². The maximum absolute atomic E-state index is 13.4. The first-order valence-electron chi connectivity index (χ1n) is 11.2. The van der Waals surface area contributed by atoms with Gasteiger partial charge < -0.3 is 14.1 Å². The molecular formula is C24H31NO5S. The van der Waals surface area contributed by atoms with E-state index in [0.717, 1.165) is 30.8 Å². The molecule has 1 aromatic heterocycles. The van der Waals surface area contributed by atoms with E-state index in [-0.39, 0.29) is 30.0 Å². The molecule has 0 bridgehead atoms. The largest absolute Gasteiger partial charge is 0.494 e. The van der Waals surface area contributed by atoms with Gasteiger partial charge in [-0.15, -0.1) is 0 Å². The number of hydrogen-bond donors (Lipinski definition) is 0. The van der Waals surface area contributed by atoms with E-state index >= 15 is 0 Å². The number of rotatable bonds is 9. The van der Waals surface area contributed by atoms with Gasteiger partial charge in [-0.05, 0) is 61.6 Å². The highest BCUT2D eigenvalue weighted by atomic mass is 32.2. The lowest BCUT2D eigenvalue weighted by atomic mass is 10.1. The van der Waals surface area contributed by atoms with E-state index in [9.17, 15) is 13.2 Å². The first-order chi connectivity index (χ1) is 14.9. The second-order valence-corrected chi connectivity index (χ2v) is 11.1. The van der Waals surface area contributed by atoms with Crippen LogP contribution < -0.4 is 4.74 Å². The lowest BCUT2D eigenvalue weighted by Crippen LogP contribution is -2.40. The summed E-state index contributed by atoms with van der Waals surface area (Å²) in [7, 11) is -3.12. The number of nitrogens with zero attached hydrogens (tertiary/aromatic N) is 1. The van der Waals surface area contributed by atoms with Crippen LogP contribution in [0.3, 0.4) is 0 Å². The number of amides is 1. The van der Waals surface area contributed by atoms with Crippen molar-refractivity contribution in [2.24, 2.45) is 5.92 Å². The van der Waals surface area contributed by atoms with Gasteiger partial charge in [0.15, 0.2) is 9.84 Å². The zero-order valence-electron chi connectivity index (χ0n) is 18.2. The summed E-state index contributed by atoms with van der Waals surface area (Å²) in [5, 5.41) is 0. The van der Waals surface area contributed by atoms with Crippen molar-refractivity contribution in [3.8, 4) is 5.75 Å². The van der Waals surface area contributed by atoms with Crippen molar-refractivity contribution in [2.75, 3.05) is 18.1 Å². The normalized spacial score (nSPS) is 24.1. The molecule has 1 saturated carbocycles. The summed E-state index contributed by atoms with van der Waals surface area (Å²) in [6.07, 6.45) is 3.63. The third-order valence-electron chi connectivity index (χ3n) is 6.26. The molecule has 6 nitrogen and oxygen atoms in total. The fourth-order valence-electron chi connectivity index (χ4n) is 4.15. The molecule has 1 aliphatic heterocycles. The highest BCUT2D eigenvalue weighted by Gasteiger charge is 2.38. The molecule has 7 heteroatoms. The van der Waals surface area contributed by atoms with E-state index in [2.05, 4.69) is 13.8 Å². The van der Waals surface area contributed by atoms with Gasteiger partial charge in [0, 0.05) is 17.5 Å². The molecule has 1 saturated heterocycles. The Labute approximate surface area is 184 Å². The van der Waals surface area contributed by atoms with Gasteiger partial charge in [-0.3, -0.25) is 4.79 Å². The Morgan fingerprint density at radius 1 is 1.19 bits per heavy atom. The molecule has 2 aromatic rings. The van der Waals surface area contributed by atoms with Crippen molar-refractivity contribution in [1.29, 1.82) is 0 Å². The van der Waals surface area contributed by atoms with E-state index in [1.54, 1.807) is 29.2 Å². The summed E-state index contributed by atoms with van der Waals surface area (Å²) >= 11 is 0. The van der Waals surface area contributed by atoms with E-state index in [0.29, 0.717) is 36.2 Å². The van der Waals surface area contributed by atoms with Gasteiger partial charge in [0.1, 0.15) is 17.3 Å². The summed E-state index contributed by atoms with van der Waals surface area (Å²) in [4.78, 5) is 15.0. The molecule has 4 rings (SSSR count). The maximum Gasteiger partial charge on any atom is 0.254 e. The Hall–Kier alpha value is -2.28. The van der Waals surface area contributed by atoms with Gasteiger partial charge in [0.05, 0.1) is 24.7 Å². The van der Waals surface area contributed by atoms with E-state index in [1.165, 1.54) is 0 Å². The van der Waals surface area contributed by atoms with Crippen LogP contribution in [0.15, 0.2) is 40.8 Å². The van der Waals surface area contributed by atoms with Crippen LogP contribution in [0.5, 0.6) is 5.75 Å². The molecule has 3 atom stereocenters. The number of unbranched alkanes of at least 4 members (excludes halogenated alkanes) is 1. The Morgan fingerprint density at radius 3 is 2.55 bits per heavy atom. The number of hydrogen-bond acceptors (Lipinski definition) is 5. The van der Waals surface area contributed by atoms with Crippen molar-refractivity contribution in [3.63, 3.8) is 0 Å². The zero-order chi connectivity index (χ0) is 22.0. The highest BCUT2D eigenvalue weighted by molar-refractivity contribution is 7.91. The summed E-state index contributed by atoms with van der Waals surface area (Å²) in [5.41, 5.74) is 0.523. The molecule has 2 aliphatic rings. The minimum Gasteiger partial charge on any atom is -0.494 e. The molecule has 3 unspecified atom stereocenters. The molecule has 1 amide bonds. The van der Waals surface area contributed by atoms with E-state index in [1.807, 2.05) is 12.1 Å². The molecule has 1 aromatic carbocycles. The summed E-state index contributed by atoms with van der Waals surface area (Å²) < 4.78 is 35.9. The second-order valence-electron chi connectivity index (χ2n) is 8.84. The summed E-state index contributed by atoms with van der Waals surface area (Å²) in [6.45, 7) is 5.23. The van der Waals surface area contributed by atoms with Gasteiger partial charge in [-0.2, -0.15) is 0 Å². The summed E-state index contributed by atoms with van der Waals surface area (Å²) in [5.74, 6) is 3.43. The molecule has 168 valence electrons. The SMILES string of the molecule is CCCCOc1ccc(C(=O)N(Cc2ccc(C3CC3C)o2)C2CCS(=O)(=O)C2)cc1. The van der Waals surface area contributed by atoms with Crippen molar-refractivity contribution in [2.45, 2.75) is 58.0 Å². The van der Waals surface area contributed by atoms with Gasteiger partial charge >= 0.3 is 0 Å². The average molecular weight is 446 g/mol. The number of carbonyl (C=O) groups is 1. The number of ether oxygens (including phenoxy) is 1. The van der Waals surface area contributed by atoms with Gasteiger partial charge in [-0.1, -0.05) is 20.3 Å². The summed E-state index contributed by atoms with van der Waals surface area (Å²) in [6, 6.07) is 10.7. The van der Waals surface area contributed by atoms with Crippen LogP contribution in [-0.4, -0.2) is 43.4 Å². The van der Waals surface area contributed by atoms with Gasteiger partial charge in [-0.25, -0.2) is 8.42 Å². The van der Waals surface area contributed by atoms with Crippen molar-refractivity contribution in [1.82, 2.24) is 4.90 Å². The fourth-order valence-corrected chi connectivity index (χ4v) is 5.88. The molecule has 0 N–H and O–H groups in total. The second kappa shape index (κ2) is 9.07. The van der Waals surface area contributed by atoms with Crippen LogP contribution in [0.4, 0.5) is 0 Å². The Kier molecular flexibility index (Phi) is 6.42. The highest BCUT2D eigenvalue weighted by Crippen LogP contribution is 2.47. The number of carbonyl (C=O) groups excluding carboxylic acids is 1. The van der Waals surface area contributed by atoms with Gasteiger partial charge in [0.25, 0.3) is 5.91 Å². The van der Waals surface area contributed by atoms with Crippen LogP contribution in [0.1, 0.15) is 67.3 Å². The Morgan fingerprint density at radius 2 is 1.94 bits per heavy atom. The van der Waals surface area contributed by atoms with E-state index < -0.39 is 9.84 Å². The lowest BCUT2D eigenvalue weighted by Gasteiger charge is -2.27. The molecule has 2 fully saturated rings. The van der Waals surface area contributed by atoms with Crippen LogP contribution in [0.2, 0.25) is 0 Å². The minimum atomic E-state index is -3.12. The third kappa shape index (κ3) is 5.32. The smallest absolute Gasteiger partial charge is 0.254 e. The number of benzene rings is 1. The quantitative estimate of drug-likeness (QED) is 0.534. The third-order valence-corrected chi connectivity index (χ3v) is 8.01. The zero-order valence-corrected chi connectivity index (χ0v) is 19.1. The minimum absolute atomic E-state index is 0.00414.